The Morgan fingerprint density at radius 1 is 0.891 bits per heavy atom. The van der Waals surface area contributed by atoms with Crippen molar-refractivity contribution in [2.24, 2.45) is 5.92 Å². The second-order valence-corrected chi connectivity index (χ2v) is 14.5. The van der Waals surface area contributed by atoms with Crippen LogP contribution >= 0.6 is 34.0 Å². The van der Waals surface area contributed by atoms with Crippen LogP contribution in [0.4, 0.5) is 0 Å². The maximum Gasteiger partial charge on any atom is 0.335 e. The maximum absolute atomic E-state index is 12.3. The molecule has 11 heteroatoms. The Bertz CT molecular complexity index is 1990. The van der Waals surface area contributed by atoms with Gasteiger partial charge in [0, 0.05) is 61.4 Å². The van der Waals surface area contributed by atoms with Crippen molar-refractivity contribution in [3.8, 4) is 42.1 Å². The largest absolute Gasteiger partial charge is 0.485 e. The molecule has 0 saturated heterocycles. The van der Waals surface area contributed by atoms with Crippen molar-refractivity contribution in [1.82, 2.24) is 9.97 Å². The molecule has 8 nitrogen and oxygen atoms in total. The lowest BCUT2D eigenvalue weighted by Crippen LogP contribution is -2.27. The van der Waals surface area contributed by atoms with E-state index in [1.54, 1.807) is 52.3 Å². The van der Waals surface area contributed by atoms with E-state index in [0.717, 1.165) is 48.7 Å². The minimum Gasteiger partial charge on any atom is -0.485 e. The minimum atomic E-state index is -1.05. The lowest BCUT2D eigenvalue weighted by Gasteiger charge is -2.35. The summed E-state index contributed by atoms with van der Waals surface area (Å²) < 4.78 is 12.3. The van der Waals surface area contributed by atoms with Gasteiger partial charge in [0.25, 0.3) is 0 Å². The van der Waals surface area contributed by atoms with E-state index in [9.17, 15) is 19.8 Å². The zero-order chi connectivity index (χ0) is 31.9. The van der Waals surface area contributed by atoms with E-state index in [2.05, 4.69) is 48.5 Å². The SMILES string of the molecule is CCC1C(c2cc(C(=O)O)ccn2)C=C(C(=O)O)CC1c1cc(-c2ccc(-c3sc(-c4ccsc4C)c4c3OCCO4)s2)ccn1. The summed E-state index contributed by atoms with van der Waals surface area (Å²) in [5.41, 5.74) is 3.95. The zero-order valence-corrected chi connectivity index (χ0v) is 27.5. The summed E-state index contributed by atoms with van der Waals surface area (Å²) in [6.45, 7) is 5.22. The molecule has 5 aromatic heterocycles. The minimum absolute atomic E-state index is 0.0185. The molecule has 0 saturated carbocycles. The number of aliphatic carboxylic acids is 1. The average molecular weight is 671 g/mol. The number of aryl methyl sites for hydroxylation is 1. The number of carbonyl (C=O) groups is 2. The van der Waals surface area contributed by atoms with Gasteiger partial charge in [0.1, 0.15) is 13.2 Å². The van der Waals surface area contributed by atoms with E-state index in [4.69, 9.17) is 14.5 Å². The van der Waals surface area contributed by atoms with Crippen LogP contribution in [0.5, 0.6) is 11.5 Å². The van der Waals surface area contributed by atoms with Gasteiger partial charge in [0.2, 0.25) is 0 Å². The van der Waals surface area contributed by atoms with Crippen molar-refractivity contribution < 1.29 is 29.3 Å². The first-order valence-electron chi connectivity index (χ1n) is 15.0. The van der Waals surface area contributed by atoms with Gasteiger partial charge in [-0.05, 0) is 72.7 Å². The standard InChI is InChI=1S/C35H30N2O6S3/c1-3-22-24(14-21(35(40)41)15-25(22)27-17-20(34(38)39)7-10-37-27)26-16-19(6-9-36-26)28-4-5-29(45-28)33-31-30(42-11-12-43-31)32(46-33)23-8-13-44-18(23)2/h4-10,13,15-17,22,24-25H,3,11-12,14H2,1-2H3,(H,38,39)(H,40,41). The number of carboxylic acid groups (broad SMARTS) is 2. The molecule has 5 aromatic rings. The highest BCUT2D eigenvalue weighted by molar-refractivity contribution is 7.26. The molecule has 0 bridgehead atoms. The molecular formula is C35H30N2O6S3. The second-order valence-electron chi connectivity index (χ2n) is 11.3. The number of allylic oxidation sites excluding steroid dienone is 1. The zero-order valence-electron chi connectivity index (χ0n) is 25.1. The van der Waals surface area contributed by atoms with E-state index < -0.39 is 11.9 Å². The van der Waals surface area contributed by atoms with Gasteiger partial charge in [-0.1, -0.05) is 19.4 Å². The third-order valence-electron chi connectivity index (χ3n) is 8.69. The normalized spacial score (nSPS) is 19.1. The smallest absolute Gasteiger partial charge is 0.335 e. The van der Waals surface area contributed by atoms with Crippen molar-refractivity contribution in [3.63, 3.8) is 0 Å². The lowest BCUT2D eigenvalue weighted by atomic mass is 9.69. The molecule has 46 heavy (non-hydrogen) atoms. The molecule has 0 radical (unpaired) electrons. The average Bonchev–Trinajstić information content (AvgIpc) is 3.82. The number of pyridine rings is 2. The van der Waals surface area contributed by atoms with Gasteiger partial charge in [0.05, 0.1) is 15.3 Å². The quantitative estimate of drug-likeness (QED) is 0.168. The fourth-order valence-corrected chi connectivity index (χ4v) is 9.62. The van der Waals surface area contributed by atoms with Crippen molar-refractivity contribution in [2.75, 3.05) is 13.2 Å². The van der Waals surface area contributed by atoms with Crippen LogP contribution in [-0.2, 0) is 4.79 Å². The van der Waals surface area contributed by atoms with Crippen molar-refractivity contribution >= 4 is 45.9 Å². The van der Waals surface area contributed by atoms with E-state index in [1.165, 1.54) is 22.7 Å². The molecule has 6 heterocycles. The van der Waals surface area contributed by atoms with Crippen LogP contribution in [0.1, 0.15) is 58.2 Å². The van der Waals surface area contributed by atoms with Crippen LogP contribution in [0.25, 0.3) is 30.6 Å². The Balaban J connectivity index is 1.24. The summed E-state index contributed by atoms with van der Waals surface area (Å²) in [5, 5.41) is 21.7. The summed E-state index contributed by atoms with van der Waals surface area (Å²) in [4.78, 5) is 38.7. The third kappa shape index (κ3) is 5.52. The number of thiophene rings is 3. The number of fused-ring (bicyclic) bond motifs is 1. The number of aromatic nitrogens is 2. The van der Waals surface area contributed by atoms with Crippen molar-refractivity contribution in [3.05, 3.63) is 93.7 Å². The van der Waals surface area contributed by atoms with Gasteiger partial charge in [-0.15, -0.1) is 34.0 Å². The summed E-state index contributed by atoms with van der Waals surface area (Å²) in [5.74, 6) is -0.981. The summed E-state index contributed by atoms with van der Waals surface area (Å²) >= 11 is 5.08. The van der Waals surface area contributed by atoms with Crippen molar-refractivity contribution in [2.45, 2.75) is 38.5 Å². The molecule has 234 valence electrons. The number of carboxylic acids is 2. The van der Waals surface area contributed by atoms with Gasteiger partial charge in [-0.25, -0.2) is 9.59 Å². The highest BCUT2D eigenvalue weighted by Crippen LogP contribution is 2.56. The highest BCUT2D eigenvalue weighted by atomic mass is 32.1. The second kappa shape index (κ2) is 12.5. The number of nitrogens with zero attached hydrogens (tertiary/aromatic N) is 2. The molecule has 0 amide bonds. The monoisotopic (exact) mass is 670 g/mol. The molecule has 3 unspecified atom stereocenters. The van der Waals surface area contributed by atoms with Crippen LogP contribution in [0, 0.1) is 12.8 Å². The molecule has 0 fully saturated rings. The van der Waals surface area contributed by atoms with E-state index in [1.807, 2.05) is 6.07 Å². The molecule has 2 N–H and O–H groups in total. The summed E-state index contributed by atoms with van der Waals surface area (Å²) in [6.07, 6.45) is 6.08. The molecule has 2 aliphatic rings. The van der Waals surface area contributed by atoms with E-state index >= 15 is 0 Å². The van der Waals surface area contributed by atoms with Crippen molar-refractivity contribution in [1.29, 1.82) is 0 Å². The Morgan fingerprint density at radius 2 is 1.63 bits per heavy atom. The van der Waals surface area contributed by atoms with E-state index in [0.29, 0.717) is 25.3 Å². The fourth-order valence-electron chi connectivity index (χ4n) is 6.47. The van der Waals surface area contributed by atoms with E-state index in [-0.39, 0.29) is 28.9 Å². The number of hydrogen-bond acceptors (Lipinski definition) is 9. The molecule has 3 atom stereocenters. The fraction of sp³-hybridized carbons (Fsp3) is 0.257. The highest BCUT2D eigenvalue weighted by Gasteiger charge is 2.37. The number of rotatable bonds is 8. The first-order valence-corrected chi connectivity index (χ1v) is 17.5. The molecule has 1 aliphatic heterocycles. The first-order chi connectivity index (χ1) is 22.3. The number of ether oxygens (including phenoxy) is 2. The Kier molecular flexibility index (Phi) is 8.22. The van der Waals surface area contributed by atoms with Crippen LogP contribution in [-0.4, -0.2) is 45.3 Å². The molecule has 7 rings (SSSR count). The topological polar surface area (TPSA) is 119 Å². The van der Waals surface area contributed by atoms with Crippen LogP contribution < -0.4 is 9.47 Å². The molecule has 0 spiro atoms. The van der Waals surface area contributed by atoms with Gasteiger partial charge in [-0.2, -0.15) is 0 Å². The molecule has 1 aliphatic carbocycles. The molecule has 0 aromatic carbocycles. The molecular weight excluding hydrogens is 641 g/mol. The Labute approximate surface area is 277 Å². The number of hydrogen-bond donors (Lipinski definition) is 2. The Morgan fingerprint density at radius 3 is 2.35 bits per heavy atom. The lowest BCUT2D eigenvalue weighted by molar-refractivity contribution is -0.133. The maximum atomic E-state index is 12.3. The Hall–Kier alpha value is -4.32. The van der Waals surface area contributed by atoms with Crippen LogP contribution in [0.2, 0.25) is 0 Å². The summed E-state index contributed by atoms with van der Waals surface area (Å²) in [7, 11) is 0. The van der Waals surface area contributed by atoms with Gasteiger partial charge in [0.15, 0.2) is 11.5 Å². The van der Waals surface area contributed by atoms with Crippen LogP contribution in [0.15, 0.2) is 71.9 Å². The number of aromatic carboxylic acids is 1. The first kappa shape index (κ1) is 30.3. The van der Waals surface area contributed by atoms with Crippen LogP contribution in [0.3, 0.4) is 0 Å². The van der Waals surface area contributed by atoms with Gasteiger partial charge < -0.3 is 19.7 Å². The predicted octanol–water partition coefficient (Wildman–Crippen LogP) is 8.75. The van der Waals surface area contributed by atoms with Gasteiger partial charge in [-0.3, -0.25) is 9.97 Å². The predicted molar refractivity (Wildman–Crippen MR) is 181 cm³/mol. The third-order valence-corrected chi connectivity index (χ3v) is 12.0. The summed E-state index contributed by atoms with van der Waals surface area (Å²) in [6, 6.07) is 13.4. The van der Waals surface area contributed by atoms with Gasteiger partial charge >= 0.3 is 11.9 Å².